The van der Waals surface area contributed by atoms with Crippen LogP contribution < -0.4 is 14.8 Å². The number of carbonyl (C=O) groups excluding carboxylic acids is 1. The maximum Gasteiger partial charge on any atom is 0.224 e. The van der Waals surface area contributed by atoms with Crippen molar-refractivity contribution in [2.24, 2.45) is 5.92 Å². The average Bonchev–Trinajstić information content (AvgIpc) is 2.77. The third-order valence-electron chi connectivity index (χ3n) is 5.46. The smallest absolute Gasteiger partial charge is 0.224 e. The molecule has 1 amide bonds. The quantitative estimate of drug-likeness (QED) is 0.710. The molecule has 1 fully saturated rings. The van der Waals surface area contributed by atoms with Crippen molar-refractivity contribution in [3.8, 4) is 11.5 Å². The Balaban J connectivity index is 1.31. The first-order valence-corrected chi connectivity index (χ1v) is 12.3. The van der Waals surface area contributed by atoms with Crippen molar-refractivity contribution in [1.82, 2.24) is 9.62 Å². The van der Waals surface area contributed by atoms with Gasteiger partial charge in [0.15, 0.2) is 11.5 Å². The number of hydrogen-bond donors (Lipinski definition) is 1. The molecule has 2 aliphatic heterocycles. The fourth-order valence-corrected chi connectivity index (χ4v) is 5.67. The highest BCUT2D eigenvalue weighted by atomic mass is 35.5. The predicted octanol–water partition coefficient (Wildman–Crippen LogP) is 2.84. The van der Waals surface area contributed by atoms with Crippen molar-refractivity contribution in [2.45, 2.75) is 24.7 Å². The molecule has 0 bridgehead atoms. The summed E-state index contributed by atoms with van der Waals surface area (Å²) in [5, 5.41) is 3.40. The fourth-order valence-electron chi connectivity index (χ4n) is 3.86. The zero-order chi connectivity index (χ0) is 21.8. The van der Waals surface area contributed by atoms with Crippen LogP contribution in [-0.4, -0.2) is 51.0 Å². The van der Waals surface area contributed by atoms with Crippen LogP contribution in [0, 0.1) is 5.92 Å². The number of carbonyl (C=O) groups is 1. The van der Waals surface area contributed by atoms with Crippen molar-refractivity contribution in [3.63, 3.8) is 0 Å². The number of sulfonamides is 1. The molecule has 166 valence electrons. The first-order valence-electron chi connectivity index (χ1n) is 10.3. The molecule has 7 nitrogen and oxygen atoms in total. The van der Waals surface area contributed by atoms with Crippen molar-refractivity contribution >= 4 is 27.5 Å². The molecule has 2 aliphatic rings. The standard InChI is InChI=1S/C22H25ClN2O5S/c23-18-7-3-5-16(11-18)15-31(27,28)25-10-4-6-17(13-25)22(26)24-12-19-14-29-20-8-1-2-9-21(20)30-19/h1-3,5,7-9,11,17,19H,4,6,10,12-15H2,(H,24,26)/t17-,19+/m1/s1. The second-order valence-electron chi connectivity index (χ2n) is 7.83. The van der Waals surface area contributed by atoms with Crippen molar-refractivity contribution < 1.29 is 22.7 Å². The summed E-state index contributed by atoms with van der Waals surface area (Å²) in [6, 6.07) is 14.2. The molecule has 1 N–H and O–H groups in total. The Morgan fingerprint density at radius 3 is 2.77 bits per heavy atom. The molecule has 0 radical (unpaired) electrons. The first kappa shape index (κ1) is 21.9. The molecule has 1 saturated heterocycles. The molecule has 2 aromatic rings. The van der Waals surface area contributed by atoms with E-state index in [0.29, 0.717) is 54.6 Å². The van der Waals surface area contributed by atoms with Crippen molar-refractivity contribution in [2.75, 3.05) is 26.2 Å². The van der Waals surface area contributed by atoms with Crippen LogP contribution >= 0.6 is 11.6 Å². The summed E-state index contributed by atoms with van der Waals surface area (Å²) in [6.07, 6.45) is 1.01. The van der Waals surface area contributed by atoms with Gasteiger partial charge in [-0.3, -0.25) is 4.79 Å². The van der Waals surface area contributed by atoms with E-state index in [9.17, 15) is 13.2 Å². The topological polar surface area (TPSA) is 84.9 Å². The highest BCUT2D eigenvalue weighted by Crippen LogP contribution is 2.30. The van der Waals surface area contributed by atoms with E-state index in [4.69, 9.17) is 21.1 Å². The summed E-state index contributed by atoms with van der Waals surface area (Å²) in [6.45, 7) is 1.25. The van der Waals surface area contributed by atoms with Crippen LogP contribution in [0.25, 0.3) is 0 Å². The Kier molecular flexibility index (Phi) is 6.69. The molecular formula is C22H25ClN2O5S. The van der Waals surface area contributed by atoms with Crippen LogP contribution in [0.5, 0.6) is 11.5 Å². The third-order valence-corrected chi connectivity index (χ3v) is 7.51. The van der Waals surface area contributed by atoms with Gasteiger partial charge in [-0.2, -0.15) is 0 Å². The molecule has 2 aromatic carbocycles. The Labute approximate surface area is 187 Å². The summed E-state index contributed by atoms with van der Waals surface area (Å²) in [5.41, 5.74) is 0.633. The van der Waals surface area contributed by atoms with Gasteiger partial charge in [-0.15, -0.1) is 0 Å². The van der Waals surface area contributed by atoms with Gasteiger partial charge >= 0.3 is 0 Å². The van der Waals surface area contributed by atoms with Gasteiger partial charge in [0.1, 0.15) is 12.7 Å². The Morgan fingerprint density at radius 2 is 1.97 bits per heavy atom. The van der Waals surface area contributed by atoms with E-state index in [1.807, 2.05) is 24.3 Å². The van der Waals surface area contributed by atoms with Gasteiger partial charge in [0, 0.05) is 18.1 Å². The van der Waals surface area contributed by atoms with Gasteiger partial charge in [0.2, 0.25) is 15.9 Å². The maximum absolute atomic E-state index is 12.9. The largest absolute Gasteiger partial charge is 0.486 e. The lowest BCUT2D eigenvalue weighted by Crippen LogP contribution is -2.48. The molecule has 0 aliphatic carbocycles. The number of ether oxygens (including phenoxy) is 2. The summed E-state index contributed by atoms with van der Waals surface area (Å²) in [4.78, 5) is 12.7. The molecular weight excluding hydrogens is 440 g/mol. The summed E-state index contributed by atoms with van der Waals surface area (Å²) < 4.78 is 38.7. The van der Waals surface area contributed by atoms with Crippen LogP contribution in [0.1, 0.15) is 18.4 Å². The molecule has 2 atom stereocenters. The third kappa shape index (κ3) is 5.50. The number of halogens is 1. The van der Waals surface area contributed by atoms with E-state index >= 15 is 0 Å². The van der Waals surface area contributed by atoms with E-state index in [1.54, 1.807) is 24.3 Å². The normalized spacial score (nSPS) is 21.5. The monoisotopic (exact) mass is 464 g/mol. The molecule has 0 unspecified atom stereocenters. The number of fused-ring (bicyclic) bond motifs is 1. The fraction of sp³-hybridized carbons (Fsp3) is 0.409. The van der Waals surface area contributed by atoms with Gasteiger partial charge in [-0.25, -0.2) is 12.7 Å². The second kappa shape index (κ2) is 9.46. The van der Waals surface area contributed by atoms with Crippen molar-refractivity contribution in [1.29, 1.82) is 0 Å². The van der Waals surface area contributed by atoms with Gasteiger partial charge in [-0.05, 0) is 42.7 Å². The summed E-state index contributed by atoms with van der Waals surface area (Å²) in [7, 11) is -3.54. The summed E-state index contributed by atoms with van der Waals surface area (Å²) >= 11 is 5.97. The first-order chi connectivity index (χ1) is 14.9. The van der Waals surface area contributed by atoms with E-state index in [1.165, 1.54) is 4.31 Å². The molecule has 4 rings (SSSR count). The van der Waals surface area contributed by atoms with E-state index < -0.39 is 10.0 Å². The minimum absolute atomic E-state index is 0.130. The lowest BCUT2D eigenvalue weighted by atomic mass is 9.99. The maximum atomic E-state index is 12.9. The second-order valence-corrected chi connectivity index (χ2v) is 10.2. The van der Waals surface area contributed by atoms with Gasteiger partial charge in [0.05, 0.1) is 18.2 Å². The molecule has 31 heavy (non-hydrogen) atoms. The lowest BCUT2D eigenvalue weighted by Gasteiger charge is -2.32. The van der Waals surface area contributed by atoms with Crippen LogP contribution in [0.4, 0.5) is 0 Å². The van der Waals surface area contributed by atoms with Crippen LogP contribution in [0.2, 0.25) is 5.02 Å². The number of para-hydroxylation sites is 2. The number of nitrogens with zero attached hydrogens (tertiary/aromatic N) is 1. The highest BCUT2D eigenvalue weighted by Gasteiger charge is 2.33. The predicted molar refractivity (Wildman–Crippen MR) is 118 cm³/mol. The van der Waals surface area contributed by atoms with Crippen molar-refractivity contribution in [3.05, 3.63) is 59.1 Å². The summed E-state index contributed by atoms with van der Waals surface area (Å²) in [5.74, 6) is 0.667. The average molecular weight is 465 g/mol. The molecule has 0 aromatic heterocycles. The Morgan fingerprint density at radius 1 is 1.16 bits per heavy atom. The minimum atomic E-state index is -3.54. The number of rotatable bonds is 6. The lowest BCUT2D eigenvalue weighted by molar-refractivity contribution is -0.126. The number of piperidine rings is 1. The highest BCUT2D eigenvalue weighted by molar-refractivity contribution is 7.88. The molecule has 0 spiro atoms. The van der Waals surface area contributed by atoms with E-state index in [2.05, 4.69) is 5.32 Å². The number of hydrogen-bond acceptors (Lipinski definition) is 5. The zero-order valence-corrected chi connectivity index (χ0v) is 18.6. The molecule has 9 heteroatoms. The van der Waals surface area contributed by atoms with Gasteiger partial charge in [-0.1, -0.05) is 35.9 Å². The van der Waals surface area contributed by atoms with Crippen LogP contribution in [0.3, 0.4) is 0 Å². The zero-order valence-electron chi connectivity index (χ0n) is 17.0. The Hall–Kier alpha value is -2.29. The van der Waals surface area contributed by atoms with Gasteiger partial charge < -0.3 is 14.8 Å². The van der Waals surface area contributed by atoms with E-state index in [0.717, 1.165) is 0 Å². The number of amides is 1. The van der Waals surface area contributed by atoms with Gasteiger partial charge in [0.25, 0.3) is 0 Å². The number of nitrogens with one attached hydrogen (secondary N) is 1. The minimum Gasteiger partial charge on any atom is -0.486 e. The SMILES string of the molecule is O=C(NC[C@H]1COc2ccccc2O1)[C@@H]1CCCN(S(=O)(=O)Cc2cccc(Cl)c2)C1. The molecule has 2 heterocycles. The van der Waals surface area contributed by atoms with Crippen LogP contribution in [0.15, 0.2) is 48.5 Å². The van der Waals surface area contributed by atoms with E-state index in [-0.39, 0.29) is 30.2 Å². The number of benzene rings is 2. The molecule has 0 saturated carbocycles. The van der Waals surface area contributed by atoms with Crippen LogP contribution in [-0.2, 0) is 20.6 Å². The Bertz CT molecular complexity index is 1050.